The van der Waals surface area contributed by atoms with Crippen LogP contribution in [0.15, 0.2) is 35.7 Å². The minimum absolute atomic E-state index is 0.0302. The fourth-order valence-corrected chi connectivity index (χ4v) is 5.40. The van der Waals surface area contributed by atoms with Gasteiger partial charge in [0.1, 0.15) is 0 Å². The van der Waals surface area contributed by atoms with Crippen LogP contribution in [-0.4, -0.2) is 30.2 Å². The van der Waals surface area contributed by atoms with E-state index < -0.39 is 10.0 Å². The monoisotopic (exact) mass is 403 g/mol. The Morgan fingerprint density at radius 2 is 2.04 bits per heavy atom. The highest BCUT2D eigenvalue weighted by Gasteiger charge is 2.29. The Bertz CT molecular complexity index is 963. The van der Waals surface area contributed by atoms with Crippen molar-refractivity contribution in [3.05, 3.63) is 51.9 Å². The van der Waals surface area contributed by atoms with Gasteiger partial charge < -0.3 is 5.32 Å². The van der Waals surface area contributed by atoms with Gasteiger partial charge in [0.25, 0.3) is 0 Å². The van der Waals surface area contributed by atoms with Crippen molar-refractivity contribution in [3.8, 4) is 0 Å². The maximum atomic E-state index is 12.6. The number of carbonyl (C=O) groups is 1. The molecule has 2 aliphatic rings. The molecule has 0 bridgehead atoms. The molecule has 1 aliphatic carbocycles. The summed E-state index contributed by atoms with van der Waals surface area (Å²) in [6.07, 6.45) is 5.16. The number of nitrogens with one attached hydrogen (secondary N) is 1. The molecule has 2 aromatic rings. The first kappa shape index (κ1) is 18.3. The van der Waals surface area contributed by atoms with Gasteiger partial charge in [-0.1, -0.05) is 36.8 Å². The Morgan fingerprint density at radius 1 is 1.26 bits per heavy atom. The van der Waals surface area contributed by atoms with E-state index in [1.54, 1.807) is 6.08 Å². The molecular weight excluding hydrogens is 382 g/mol. The summed E-state index contributed by atoms with van der Waals surface area (Å²) < 4.78 is 26.7. The zero-order valence-corrected chi connectivity index (χ0v) is 16.4. The van der Waals surface area contributed by atoms with E-state index in [1.165, 1.54) is 21.1 Å². The van der Waals surface area contributed by atoms with E-state index in [2.05, 4.69) is 10.3 Å². The molecule has 27 heavy (non-hydrogen) atoms. The van der Waals surface area contributed by atoms with Crippen molar-refractivity contribution in [2.75, 3.05) is 11.9 Å². The maximum absolute atomic E-state index is 12.6. The summed E-state index contributed by atoms with van der Waals surface area (Å²) >= 11 is 1.38. The predicted molar refractivity (Wildman–Crippen MR) is 107 cm³/mol. The predicted octanol–water partition coefficient (Wildman–Crippen LogP) is 3.24. The number of carbonyl (C=O) groups excluding carboxylic acids is 1. The van der Waals surface area contributed by atoms with Gasteiger partial charge in [0.05, 0.1) is 12.2 Å². The molecule has 0 atom stereocenters. The highest BCUT2D eigenvalue weighted by atomic mass is 32.2. The third-order valence-corrected chi connectivity index (χ3v) is 7.50. The second-order valence-corrected chi connectivity index (χ2v) is 9.75. The van der Waals surface area contributed by atoms with E-state index in [-0.39, 0.29) is 11.8 Å². The number of amides is 1. The van der Waals surface area contributed by atoms with Crippen LogP contribution in [0.1, 0.15) is 35.4 Å². The number of anilines is 1. The average Bonchev–Trinajstić information content (AvgIpc) is 3.00. The summed E-state index contributed by atoms with van der Waals surface area (Å²) in [6, 6.07) is 9.36. The first-order valence-corrected chi connectivity index (χ1v) is 11.4. The van der Waals surface area contributed by atoms with Crippen molar-refractivity contribution in [2.45, 2.75) is 32.2 Å². The highest BCUT2D eigenvalue weighted by Crippen LogP contribution is 2.32. The number of benzene rings is 1. The van der Waals surface area contributed by atoms with Gasteiger partial charge in [-0.05, 0) is 24.5 Å². The van der Waals surface area contributed by atoms with Crippen LogP contribution in [0.3, 0.4) is 0 Å². The number of hydrogen-bond acceptors (Lipinski definition) is 5. The van der Waals surface area contributed by atoms with Gasteiger partial charge in [0.2, 0.25) is 15.9 Å². The lowest BCUT2D eigenvalue weighted by Gasteiger charge is -2.23. The first-order valence-electron chi connectivity index (χ1n) is 9.04. The lowest BCUT2D eigenvalue weighted by molar-refractivity contribution is -0.122. The smallest absolute Gasteiger partial charge is 0.236 e. The van der Waals surface area contributed by atoms with Crippen molar-refractivity contribution in [1.82, 2.24) is 9.29 Å². The number of sulfonamides is 1. The zero-order valence-electron chi connectivity index (χ0n) is 14.8. The van der Waals surface area contributed by atoms with Crippen LogP contribution >= 0.6 is 11.3 Å². The minimum atomic E-state index is -3.50. The molecule has 1 aromatic carbocycles. The molecule has 1 N–H and O–H groups in total. The number of fused-ring (bicyclic) bond motifs is 1. The van der Waals surface area contributed by atoms with Crippen LogP contribution in [0, 0.1) is 5.92 Å². The molecule has 1 aromatic heterocycles. The summed E-state index contributed by atoms with van der Waals surface area (Å²) in [5.41, 5.74) is 1.74. The topological polar surface area (TPSA) is 79.4 Å². The van der Waals surface area contributed by atoms with Crippen LogP contribution in [-0.2, 0) is 27.8 Å². The molecule has 2 heterocycles. The number of rotatable bonds is 5. The van der Waals surface area contributed by atoms with Gasteiger partial charge in [-0.3, -0.25) is 4.79 Å². The van der Waals surface area contributed by atoms with Gasteiger partial charge in [-0.15, -0.1) is 11.3 Å². The van der Waals surface area contributed by atoms with Gasteiger partial charge in [0.15, 0.2) is 5.13 Å². The van der Waals surface area contributed by atoms with E-state index in [0.717, 1.165) is 35.4 Å². The largest absolute Gasteiger partial charge is 0.302 e. The van der Waals surface area contributed by atoms with Gasteiger partial charge in [-0.25, -0.2) is 13.4 Å². The Hall–Kier alpha value is -2.03. The van der Waals surface area contributed by atoms with Crippen molar-refractivity contribution in [3.63, 3.8) is 0 Å². The molecule has 0 radical (unpaired) electrons. The molecular formula is C19H21N3O3S2. The lowest BCUT2D eigenvalue weighted by atomic mass is 9.85. The minimum Gasteiger partial charge on any atom is -0.302 e. The Kier molecular flexibility index (Phi) is 5.12. The summed E-state index contributed by atoms with van der Waals surface area (Å²) in [5.74, 6) is 0.133. The van der Waals surface area contributed by atoms with Crippen LogP contribution in [0.25, 0.3) is 6.08 Å². The first-order chi connectivity index (χ1) is 13.0. The molecule has 0 saturated heterocycles. The summed E-state index contributed by atoms with van der Waals surface area (Å²) in [6.45, 7) is 0.696. The van der Waals surface area contributed by atoms with Gasteiger partial charge in [-0.2, -0.15) is 4.31 Å². The van der Waals surface area contributed by atoms with Crippen molar-refractivity contribution in [1.29, 1.82) is 0 Å². The van der Waals surface area contributed by atoms with Crippen LogP contribution in [0.4, 0.5) is 5.13 Å². The van der Waals surface area contributed by atoms with Crippen LogP contribution < -0.4 is 5.32 Å². The number of hydrogen-bond donors (Lipinski definition) is 1. The van der Waals surface area contributed by atoms with Crippen LogP contribution in [0.2, 0.25) is 0 Å². The second kappa shape index (κ2) is 7.53. The third kappa shape index (κ3) is 4.12. The number of aromatic nitrogens is 1. The van der Waals surface area contributed by atoms with Crippen molar-refractivity contribution < 1.29 is 13.2 Å². The summed E-state index contributed by atoms with van der Waals surface area (Å²) in [5, 5.41) is 4.73. The normalized spacial score (nSPS) is 18.2. The number of nitrogens with zero attached hydrogens (tertiary/aromatic N) is 2. The summed E-state index contributed by atoms with van der Waals surface area (Å²) in [7, 11) is -3.50. The second-order valence-electron chi connectivity index (χ2n) is 6.85. The molecule has 0 unspecified atom stereocenters. The Morgan fingerprint density at radius 3 is 2.74 bits per heavy atom. The molecule has 0 spiro atoms. The molecule has 142 valence electrons. The third-order valence-electron chi connectivity index (χ3n) is 4.99. The van der Waals surface area contributed by atoms with Gasteiger partial charge in [0, 0.05) is 29.2 Å². The highest BCUT2D eigenvalue weighted by molar-refractivity contribution is 7.92. The molecule has 8 heteroatoms. The fourth-order valence-electron chi connectivity index (χ4n) is 3.14. The van der Waals surface area contributed by atoms with E-state index in [4.69, 9.17) is 0 Å². The standard InChI is InChI=1S/C19H21N3O3S2/c23-18(15-7-4-8-15)21-19-20-16-9-11-22(13-17(16)26-19)27(24,25)12-10-14-5-2-1-3-6-14/h1-3,5-6,10,12,15H,4,7-9,11,13H2,(H,20,21,23)/b12-10+. The Labute approximate surface area is 163 Å². The molecule has 1 aliphatic heterocycles. The van der Waals surface area contributed by atoms with E-state index in [0.29, 0.717) is 24.6 Å². The Balaban J connectivity index is 1.44. The van der Waals surface area contributed by atoms with E-state index in [9.17, 15) is 13.2 Å². The van der Waals surface area contributed by atoms with E-state index >= 15 is 0 Å². The summed E-state index contributed by atoms with van der Waals surface area (Å²) in [4.78, 5) is 17.5. The molecule has 4 rings (SSSR count). The van der Waals surface area contributed by atoms with Crippen LogP contribution in [0.5, 0.6) is 0 Å². The van der Waals surface area contributed by atoms with Crippen molar-refractivity contribution in [2.24, 2.45) is 5.92 Å². The van der Waals surface area contributed by atoms with Gasteiger partial charge >= 0.3 is 0 Å². The average molecular weight is 404 g/mol. The molecule has 1 fully saturated rings. The SMILES string of the molecule is O=C(Nc1nc2c(s1)CN(S(=O)(=O)/C=C/c1ccccc1)CC2)C1CCC1. The quantitative estimate of drug-likeness (QED) is 0.831. The molecule has 1 saturated carbocycles. The maximum Gasteiger partial charge on any atom is 0.236 e. The fraction of sp³-hybridized carbons (Fsp3) is 0.368. The molecule has 6 nitrogen and oxygen atoms in total. The van der Waals surface area contributed by atoms with E-state index in [1.807, 2.05) is 30.3 Å². The van der Waals surface area contributed by atoms with Crippen molar-refractivity contribution >= 4 is 38.5 Å². The lowest BCUT2D eigenvalue weighted by Crippen LogP contribution is -2.34. The zero-order chi connectivity index (χ0) is 18.9. The molecule has 1 amide bonds. The number of thiazole rings is 1.